The van der Waals surface area contributed by atoms with Crippen molar-refractivity contribution in [1.29, 1.82) is 0 Å². The lowest BCUT2D eigenvalue weighted by atomic mass is 10.2. The van der Waals surface area contributed by atoms with E-state index in [1.54, 1.807) is 0 Å². The highest BCUT2D eigenvalue weighted by Gasteiger charge is 2.04. The second-order valence-electron chi connectivity index (χ2n) is 3.65. The summed E-state index contributed by atoms with van der Waals surface area (Å²) in [5, 5.41) is 0. The van der Waals surface area contributed by atoms with Gasteiger partial charge in [-0.05, 0) is 44.9 Å². The molecule has 0 bridgehead atoms. The van der Waals surface area contributed by atoms with Crippen LogP contribution in [0.5, 0.6) is 0 Å². The van der Waals surface area contributed by atoms with E-state index in [-0.39, 0.29) is 0 Å². The van der Waals surface area contributed by atoms with Crippen LogP contribution in [0.25, 0.3) is 5.65 Å². The number of rotatable bonds is 0. The third-order valence-corrected chi connectivity index (χ3v) is 2.70. The summed E-state index contributed by atoms with van der Waals surface area (Å²) in [4.78, 5) is 4.48. The minimum atomic E-state index is 1.05. The Morgan fingerprint density at radius 3 is 2.20 bits per heavy atom. The summed E-state index contributed by atoms with van der Waals surface area (Å²) in [5.41, 5.74) is 6.02. The van der Waals surface area contributed by atoms with Crippen LogP contribution in [0.15, 0.2) is 12.3 Å². The normalized spacial score (nSPS) is 10.0. The van der Waals surface area contributed by atoms with E-state index in [4.69, 9.17) is 0 Å². The van der Waals surface area contributed by atoms with Crippen molar-refractivity contribution in [3.8, 4) is 0 Å². The molecule has 2 nitrogen and oxygen atoms in total. The van der Waals surface area contributed by atoms with Crippen LogP contribution in [-0.4, -0.2) is 9.38 Å². The highest BCUT2D eigenvalue weighted by Crippen LogP contribution is 2.15. The van der Waals surface area contributed by atoms with Crippen molar-refractivity contribution < 1.29 is 0 Å². The van der Waals surface area contributed by atoms with E-state index < -0.39 is 0 Å². The minimum Gasteiger partial charge on any atom is -0.304 e. The fourth-order valence-electron chi connectivity index (χ4n) is 1.52. The summed E-state index contributed by atoms with van der Waals surface area (Å²) in [6.45, 7) is 12.4. The Morgan fingerprint density at radius 2 is 1.60 bits per heavy atom. The zero-order valence-corrected chi connectivity index (χ0v) is 10.5. The number of hydrogen-bond donors (Lipinski definition) is 0. The van der Waals surface area contributed by atoms with Gasteiger partial charge in [0.1, 0.15) is 5.65 Å². The Labute approximate surface area is 92.0 Å². The highest BCUT2D eigenvalue weighted by atomic mass is 15.0. The van der Waals surface area contributed by atoms with Crippen LogP contribution >= 0.6 is 0 Å². The number of nitrogens with zero attached hydrogens (tertiary/aromatic N) is 2. The lowest BCUT2D eigenvalue weighted by Gasteiger charge is -2.01. The molecule has 0 spiro atoms. The van der Waals surface area contributed by atoms with E-state index in [2.05, 4.69) is 42.4 Å². The van der Waals surface area contributed by atoms with Crippen molar-refractivity contribution in [2.75, 3.05) is 0 Å². The zero-order chi connectivity index (χ0) is 11.6. The summed E-state index contributed by atoms with van der Waals surface area (Å²) in [5.74, 6) is 0. The molecule has 0 aliphatic rings. The van der Waals surface area contributed by atoms with Gasteiger partial charge in [0.05, 0.1) is 5.69 Å². The molecule has 0 fully saturated rings. The third kappa shape index (κ3) is 2.04. The molecule has 0 amide bonds. The molecule has 0 aromatic carbocycles. The predicted octanol–water partition coefficient (Wildman–Crippen LogP) is 3.59. The largest absolute Gasteiger partial charge is 0.304 e. The van der Waals surface area contributed by atoms with E-state index in [9.17, 15) is 0 Å². The summed E-state index contributed by atoms with van der Waals surface area (Å²) >= 11 is 0. The SMILES string of the molecule is CC.Cc1cc2nc(C)c(C)n2cc1C. The second-order valence-corrected chi connectivity index (χ2v) is 3.65. The van der Waals surface area contributed by atoms with Crippen LogP contribution in [-0.2, 0) is 0 Å². The van der Waals surface area contributed by atoms with Crippen LogP contribution in [0, 0.1) is 27.7 Å². The highest BCUT2D eigenvalue weighted by molar-refractivity contribution is 5.47. The molecule has 0 aliphatic heterocycles. The molecular weight excluding hydrogens is 184 g/mol. The first-order valence-electron chi connectivity index (χ1n) is 5.52. The van der Waals surface area contributed by atoms with E-state index in [1.165, 1.54) is 16.8 Å². The van der Waals surface area contributed by atoms with E-state index in [0.29, 0.717) is 0 Å². The first kappa shape index (κ1) is 11.8. The summed E-state index contributed by atoms with van der Waals surface area (Å²) in [7, 11) is 0. The molecule has 15 heavy (non-hydrogen) atoms. The Kier molecular flexibility index (Phi) is 3.51. The molecule has 2 aromatic heterocycles. The van der Waals surface area contributed by atoms with Crippen LogP contribution in [0.4, 0.5) is 0 Å². The molecule has 0 radical (unpaired) electrons. The van der Waals surface area contributed by atoms with E-state index >= 15 is 0 Å². The van der Waals surface area contributed by atoms with Crippen LogP contribution in [0.1, 0.15) is 36.4 Å². The molecular formula is C13H20N2. The van der Waals surface area contributed by atoms with Gasteiger partial charge in [-0.25, -0.2) is 4.98 Å². The van der Waals surface area contributed by atoms with Crippen molar-refractivity contribution in [2.24, 2.45) is 0 Å². The Bertz CT molecular complexity index is 467. The smallest absolute Gasteiger partial charge is 0.137 e. The zero-order valence-electron chi connectivity index (χ0n) is 10.5. The van der Waals surface area contributed by atoms with E-state index in [1.807, 2.05) is 20.8 Å². The molecule has 2 heterocycles. The standard InChI is InChI=1S/C11H14N2.C2H6/c1-7-5-11-12-9(3)10(4)13(11)6-8(7)2;1-2/h5-6H,1-4H3;1-2H3. The van der Waals surface area contributed by atoms with Gasteiger partial charge in [0.2, 0.25) is 0 Å². The molecule has 2 heteroatoms. The first-order valence-corrected chi connectivity index (χ1v) is 5.52. The van der Waals surface area contributed by atoms with Crippen molar-refractivity contribution in [3.63, 3.8) is 0 Å². The van der Waals surface area contributed by atoms with Gasteiger partial charge < -0.3 is 4.40 Å². The molecule has 0 saturated heterocycles. The lowest BCUT2D eigenvalue weighted by Crippen LogP contribution is -1.91. The number of imidazole rings is 1. The first-order chi connectivity index (χ1) is 7.09. The van der Waals surface area contributed by atoms with Crippen molar-refractivity contribution in [1.82, 2.24) is 9.38 Å². The molecule has 2 rings (SSSR count). The Hall–Kier alpha value is -1.31. The summed E-state index contributed by atoms with van der Waals surface area (Å²) in [6.07, 6.45) is 2.15. The monoisotopic (exact) mass is 204 g/mol. The van der Waals surface area contributed by atoms with Crippen molar-refractivity contribution in [2.45, 2.75) is 41.5 Å². The molecule has 0 atom stereocenters. The number of hydrogen-bond acceptors (Lipinski definition) is 1. The van der Waals surface area contributed by atoms with Gasteiger partial charge in [0.25, 0.3) is 0 Å². The number of aromatic nitrogens is 2. The van der Waals surface area contributed by atoms with Crippen LogP contribution in [0.2, 0.25) is 0 Å². The summed E-state index contributed by atoms with van der Waals surface area (Å²) in [6, 6.07) is 2.13. The fourth-order valence-corrected chi connectivity index (χ4v) is 1.52. The third-order valence-electron chi connectivity index (χ3n) is 2.70. The number of fused-ring (bicyclic) bond motifs is 1. The molecule has 0 unspecified atom stereocenters. The van der Waals surface area contributed by atoms with Gasteiger partial charge in [-0.15, -0.1) is 0 Å². The maximum Gasteiger partial charge on any atom is 0.137 e. The van der Waals surface area contributed by atoms with Gasteiger partial charge in [0.15, 0.2) is 0 Å². The summed E-state index contributed by atoms with van der Waals surface area (Å²) < 4.78 is 2.15. The average molecular weight is 204 g/mol. The van der Waals surface area contributed by atoms with Crippen molar-refractivity contribution >= 4 is 5.65 Å². The maximum atomic E-state index is 4.48. The van der Waals surface area contributed by atoms with Gasteiger partial charge in [-0.2, -0.15) is 0 Å². The predicted molar refractivity (Wildman–Crippen MR) is 65.5 cm³/mol. The molecule has 0 saturated carbocycles. The van der Waals surface area contributed by atoms with Gasteiger partial charge >= 0.3 is 0 Å². The fraction of sp³-hybridized carbons (Fsp3) is 0.462. The van der Waals surface area contributed by atoms with Crippen LogP contribution < -0.4 is 0 Å². The second kappa shape index (κ2) is 4.47. The van der Waals surface area contributed by atoms with Gasteiger partial charge in [-0.1, -0.05) is 13.8 Å². The quantitative estimate of drug-likeness (QED) is 0.641. The molecule has 0 N–H and O–H groups in total. The Balaban J connectivity index is 0.000000531. The molecule has 0 aliphatic carbocycles. The Morgan fingerprint density at radius 1 is 1.00 bits per heavy atom. The maximum absolute atomic E-state index is 4.48. The molecule has 82 valence electrons. The molecule has 2 aromatic rings. The van der Waals surface area contributed by atoms with Gasteiger partial charge in [-0.3, -0.25) is 0 Å². The average Bonchev–Trinajstić information content (AvgIpc) is 2.49. The lowest BCUT2D eigenvalue weighted by molar-refractivity contribution is 1.07. The minimum absolute atomic E-state index is 1.05. The van der Waals surface area contributed by atoms with Gasteiger partial charge in [0, 0.05) is 11.9 Å². The van der Waals surface area contributed by atoms with Crippen LogP contribution in [0.3, 0.4) is 0 Å². The van der Waals surface area contributed by atoms with E-state index in [0.717, 1.165) is 11.3 Å². The number of pyridine rings is 1. The number of aryl methyl sites for hydroxylation is 4. The van der Waals surface area contributed by atoms with Crippen molar-refractivity contribution in [3.05, 3.63) is 34.8 Å². The topological polar surface area (TPSA) is 17.3 Å².